The summed E-state index contributed by atoms with van der Waals surface area (Å²) >= 11 is 0. The Bertz CT molecular complexity index is 3570. The highest BCUT2D eigenvalue weighted by molar-refractivity contribution is 6.89. The summed E-state index contributed by atoms with van der Waals surface area (Å²) in [5, 5.41) is 6.28. The average molecular weight is 864 g/mol. The average Bonchev–Trinajstić information content (AvgIpc) is 4.01. The van der Waals surface area contributed by atoms with Gasteiger partial charge in [0.2, 0.25) is 5.69 Å². The Balaban J connectivity index is 1.35. The van der Waals surface area contributed by atoms with Crippen LogP contribution in [-0.2, 0) is 12.1 Å². The van der Waals surface area contributed by atoms with Gasteiger partial charge in [-0.1, -0.05) is 140 Å². The molecule has 0 amide bonds. The predicted molar refractivity (Wildman–Crippen MR) is 272 cm³/mol. The summed E-state index contributed by atoms with van der Waals surface area (Å²) < 4.78 is 15.4. The van der Waals surface area contributed by atoms with E-state index in [4.69, 9.17) is 4.42 Å². The van der Waals surface area contributed by atoms with Gasteiger partial charge in [0.25, 0.3) is 0 Å². The van der Waals surface area contributed by atoms with Crippen molar-refractivity contribution in [1.82, 2.24) is 4.57 Å². The smallest absolute Gasteiger partial charge is 0.364 e. The van der Waals surface area contributed by atoms with E-state index in [2.05, 4.69) is 227 Å². The first-order chi connectivity index (χ1) is 31.4. The number of rotatable bonds is 7. The van der Waals surface area contributed by atoms with Gasteiger partial charge in [-0.3, -0.25) is 0 Å². The molecule has 5 heterocycles. The fraction of sp³-hybridized carbons (Fsp3) is 0.233. The fourth-order valence-electron chi connectivity index (χ4n) is 11.8. The van der Waals surface area contributed by atoms with Crippen LogP contribution in [0.5, 0.6) is 0 Å². The molecular formula is C60H57N3OSi+2. The molecule has 0 fully saturated rings. The quantitative estimate of drug-likeness (QED) is 0.116. The molecule has 7 aromatic carbocycles. The van der Waals surface area contributed by atoms with Gasteiger partial charge in [0.05, 0.1) is 24.8 Å². The lowest BCUT2D eigenvalue weighted by Crippen LogP contribution is -2.72. The minimum absolute atomic E-state index is 0.233. The van der Waals surface area contributed by atoms with Gasteiger partial charge in [-0.25, -0.2) is 0 Å². The predicted octanol–water partition coefficient (Wildman–Crippen LogP) is 14.2. The van der Waals surface area contributed by atoms with Crippen LogP contribution in [-0.4, -0.2) is 12.6 Å². The van der Waals surface area contributed by atoms with E-state index in [9.17, 15) is 0 Å². The topological polar surface area (TPSA) is 25.8 Å². The molecule has 12 rings (SSSR count). The van der Waals surface area contributed by atoms with Crippen LogP contribution in [0.15, 0.2) is 156 Å². The highest BCUT2D eigenvalue weighted by atomic mass is 28.3. The van der Waals surface area contributed by atoms with Crippen LogP contribution in [0.4, 0.5) is 0 Å². The lowest BCUT2D eigenvalue weighted by Gasteiger charge is -2.24. The molecule has 4 nitrogen and oxygen atoms in total. The first-order valence-corrected chi connectivity index (χ1v) is 27.2. The van der Waals surface area contributed by atoms with Crippen molar-refractivity contribution in [1.29, 1.82) is 0 Å². The van der Waals surface area contributed by atoms with Crippen molar-refractivity contribution < 1.29 is 13.6 Å². The maximum absolute atomic E-state index is 7.25. The van der Waals surface area contributed by atoms with Crippen molar-refractivity contribution >= 4 is 57.0 Å². The zero-order chi connectivity index (χ0) is 44.7. The molecular weight excluding hydrogens is 807 g/mol. The summed E-state index contributed by atoms with van der Waals surface area (Å²) in [5.41, 5.74) is 17.7. The number of benzene rings is 7. The number of fused-ring (bicyclic) bond motifs is 18. The molecule has 2 aliphatic heterocycles. The van der Waals surface area contributed by atoms with E-state index < -0.39 is 13.7 Å². The number of hydrogen-bond acceptors (Lipinski definition) is 1. The first-order valence-electron chi connectivity index (χ1n) is 23.7. The summed E-state index contributed by atoms with van der Waals surface area (Å²) in [6.07, 6.45) is 3.66. The summed E-state index contributed by atoms with van der Waals surface area (Å²) in [6, 6.07) is 54.9. The molecule has 2 aliphatic rings. The number of aromatic nitrogens is 3. The molecule has 320 valence electrons. The third kappa shape index (κ3) is 5.54. The lowest BCUT2D eigenvalue weighted by atomic mass is 9.87. The Morgan fingerprint density at radius 2 is 1.31 bits per heavy atom. The zero-order valence-corrected chi connectivity index (χ0v) is 40.1. The molecule has 5 heteroatoms. The zero-order valence-electron chi connectivity index (χ0n) is 39.1. The van der Waals surface area contributed by atoms with E-state index in [1.807, 2.05) is 0 Å². The fourth-order valence-corrected chi connectivity index (χ4v) is 13.4. The number of furan rings is 1. The summed E-state index contributed by atoms with van der Waals surface area (Å²) in [5.74, 6) is 2.16. The maximum Gasteiger partial charge on any atom is 0.364 e. The number of para-hydroxylation sites is 1. The van der Waals surface area contributed by atoms with Crippen molar-refractivity contribution in [3.8, 4) is 39.5 Å². The van der Waals surface area contributed by atoms with Crippen LogP contribution >= 0.6 is 0 Å². The highest BCUT2D eigenvalue weighted by Crippen LogP contribution is 2.54. The minimum Gasteiger partial charge on any atom is -0.455 e. The van der Waals surface area contributed by atoms with Crippen LogP contribution in [0, 0.1) is 5.92 Å². The standard InChI is InChI=1S/C60H57N3OSi/c1-36(2)31-42-34-52-46-24-15-17-25-49(46)60(61(52)35-54(42)65(7,8)9)50-29-28-45-44-23-16-18-26-53(44)64-58(45)55(50)59-62(57-43-22-14-13-21-40(43)27-30-51(57)63(59)60)56-47(37(3)4)32-41(33-48(56)38(5)6)39-19-11-10-12-20-39/h10-30,32-38H,31H2,1-9H3/q+2. The monoisotopic (exact) mass is 863 g/mol. The van der Waals surface area contributed by atoms with E-state index in [1.54, 1.807) is 0 Å². The Labute approximate surface area is 383 Å². The molecule has 10 aromatic rings. The third-order valence-corrected chi connectivity index (χ3v) is 16.6. The van der Waals surface area contributed by atoms with Crippen LogP contribution in [0.25, 0.3) is 83.2 Å². The molecule has 3 aromatic heterocycles. The summed E-state index contributed by atoms with van der Waals surface area (Å²) in [6.45, 7) is 21.8. The number of hydrogen-bond donors (Lipinski definition) is 0. The van der Waals surface area contributed by atoms with Crippen LogP contribution in [0.3, 0.4) is 0 Å². The molecule has 65 heavy (non-hydrogen) atoms. The largest absolute Gasteiger partial charge is 0.455 e. The van der Waals surface area contributed by atoms with Crippen LogP contribution in [0.2, 0.25) is 19.6 Å². The van der Waals surface area contributed by atoms with Gasteiger partial charge in [0, 0.05) is 38.5 Å². The normalized spacial score (nSPS) is 15.4. The van der Waals surface area contributed by atoms with E-state index in [-0.39, 0.29) is 11.8 Å². The van der Waals surface area contributed by atoms with Crippen LogP contribution in [0.1, 0.15) is 81.2 Å². The molecule has 0 bridgehead atoms. The Hall–Kier alpha value is -6.56. The van der Waals surface area contributed by atoms with E-state index in [0.717, 1.165) is 39.7 Å². The van der Waals surface area contributed by atoms with Crippen molar-refractivity contribution in [2.75, 3.05) is 0 Å². The molecule has 0 saturated carbocycles. The van der Waals surface area contributed by atoms with Crippen molar-refractivity contribution in [3.05, 3.63) is 180 Å². The molecule has 0 radical (unpaired) electrons. The molecule has 1 unspecified atom stereocenters. The van der Waals surface area contributed by atoms with Gasteiger partial charge in [-0.2, -0.15) is 4.57 Å². The lowest BCUT2D eigenvalue weighted by molar-refractivity contribution is -0.944. The molecule has 0 N–H and O–H groups in total. The summed E-state index contributed by atoms with van der Waals surface area (Å²) in [7, 11) is -1.87. The van der Waals surface area contributed by atoms with Crippen LogP contribution < -0.4 is 14.3 Å². The summed E-state index contributed by atoms with van der Waals surface area (Å²) in [4.78, 5) is 0. The molecule has 1 spiro atoms. The molecule has 1 atom stereocenters. The van der Waals surface area contributed by atoms with Crippen molar-refractivity contribution in [2.45, 2.75) is 85.1 Å². The second-order valence-electron chi connectivity index (χ2n) is 20.8. The highest BCUT2D eigenvalue weighted by Gasteiger charge is 2.67. The van der Waals surface area contributed by atoms with Gasteiger partial charge < -0.3 is 4.42 Å². The Morgan fingerprint density at radius 1 is 0.631 bits per heavy atom. The van der Waals surface area contributed by atoms with E-state index in [1.165, 1.54) is 82.9 Å². The Kier molecular flexibility index (Phi) is 8.75. The second-order valence-corrected chi connectivity index (χ2v) is 25.9. The number of pyridine rings is 1. The van der Waals surface area contributed by atoms with Crippen molar-refractivity contribution in [3.63, 3.8) is 0 Å². The molecule has 0 saturated heterocycles. The number of nitrogens with zero attached hydrogens (tertiary/aromatic N) is 3. The Morgan fingerprint density at radius 3 is 2.03 bits per heavy atom. The second kappa shape index (κ2) is 14.2. The van der Waals surface area contributed by atoms with Gasteiger partial charge in [0.15, 0.2) is 22.8 Å². The van der Waals surface area contributed by atoms with Crippen molar-refractivity contribution in [2.24, 2.45) is 5.92 Å². The van der Waals surface area contributed by atoms with Gasteiger partial charge in [-0.15, -0.1) is 9.13 Å². The number of imidazole rings is 1. The van der Waals surface area contributed by atoms with Gasteiger partial charge >= 0.3 is 11.5 Å². The first kappa shape index (κ1) is 40.0. The van der Waals surface area contributed by atoms with E-state index >= 15 is 0 Å². The maximum atomic E-state index is 7.25. The van der Waals surface area contributed by atoms with E-state index in [0.29, 0.717) is 5.92 Å². The molecule has 0 aliphatic carbocycles. The van der Waals surface area contributed by atoms with Gasteiger partial charge in [-0.05, 0) is 107 Å². The minimum atomic E-state index is -1.87. The van der Waals surface area contributed by atoms with Gasteiger partial charge in [0.1, 0.15) is 16.8 Å². The third-order valence-electron chi connectivity index (χ3n) is 14.5. The SMILES string of the molecule is CC(C)Cc1cc2[n+](cc1[Si](C)(C)C)C1(c3ccccc3-2)c2ccc3c(oc4ccccc43)c2-c2n(-c3c(C(C)C)cc(-c4ccccc4)cc3C(C)C)c3c4ccccc4ccc3[n+]21.